The van der Waals surface area contributed by atoms with Crippen molar-refractivity contribution in [2.24, 2.45) is 0 Å². The summed E-state index contributed by atoms with van der Waals surface area (Å²) in [7, 11) is 0. The normalized spacial score (nSPS) is 26.9. The van der Waals surface area contributed by atoms with Crippen LogP contribution in [0.2, 0.25) is 0 Å². The van der Waals surface area contributed by atoms with Gasteiger partial charge in [0.25, 0.3) is 0 Å². The van der Waals surface area contributed by atoms with Gasteiger partial charge in [-0.1, -0.05) is 24.3 Å². The Labute approximate surface area is 98.0 Å². The van der Waals surface area contributed by atoms with Crippen molar-refractivity contribution in [2.75, 3.05) is 6.61 Å². The lowest BCUT2D eigenvalue weighted by molar-refractivity contribution is 0.111. The molecule has 1 heterocycles. The highest BCUT2D eigenvalue weighted by Gasteiger charge is 2.25. The highest BCUT2D eigenvalue weighted by molar-refractivity contribution is 5.28. The van der Waals surface area contributed by atoms with E-state index in [0.717, 1.165) is 13.0 Å². The molecule has 0 bridgehead atoms. The number of hydrogen-bond donors (Lipinski definition) is 1. The van der Waals surface area contributed by atoms with Crippen molar-refractivity contribution in [2.45, 2.75) is 45.4 Å². The third-order valence-corrected chi connectivity index (χ3v) is 3.50. The fraction of sp³-hybridized carbons (Fsp3) is 0.571. The average molecular weight is 219 g/mol. The van der Waals surface area contributed by atoms with E-state index in [1.54, 1.807) is 0 Å². The molecule has 2 nitrogen and oxygen atoms in total. The minimum absolute atomic E-state index is 0.339. The molecule has 1 fully saturated rings. The second-order valence-corrected chi connectivity index (χ2v) is 4.72. The second kappa shape index (κ2) is 4.98. The molecule has 2 rings (SSSR count). The molecule has 1 saturated heterocycles. The summed E-state index contributed by atoms with van der Waals surface area (Å²) in [4.78, 5) is 0. The summed E-state index contributed by atoms with van der Waals surface area (Å²) < 4.78 is 5.57. The number of rotatable bonds is 3. The van der Waals surface area contributed by atoms with Crippen LogP contribution in [0.3, 0.4) is 0 Å². The average Bonchev–Trinajstić information content (AvgIpc) is 2.65. The molecule has 16 heavy (non-hydrogen) atoms. The van der Waals surface area contributed by atoms with Crippen LogP contribution in [0.1, 0.15) is 37.4 Å². The van der Waals surface area contributed by atoms with Gasteiger partial charge in [-0.05, 0) is 38.3 Å². The van der Waals surface area contributed by atoms with Gasteiger partial charge in [-0.25, -0.2) is 0 Å². The van der Waals surface area contributed by atoms with Crippen LogP contribution >= 0.6 is 0 Å². The van der Waals surface area contributed by atoms with E-state index in [4.69, 9.17) is 4.74 Å². The smallest absolute Gasteiger partial charge is 0.0700 e. The first-order valence-corrected chi connectivity index (χ1v) is 6.11. The van der Waals surface area contributed by atoms with Crippen molar-refractivity contribution in [3.05, 3.63) is 35.4 Å². The van der Waals surface area contributed by atoms with E-state index >= 15 is 0 Å². The molecule has 1 N–H and O–H groups in total. The van der Waals surface area contributed by atoms with Crippen LogP contribution in [0.25, 0.3) is 0 Å². The summed E-state index contributed by atoms with van der Waals surface area (Å²) in [6, 6.07) is 9.46. The van der Waals surface area contributed by atoms with Crippen molar-refractivity contribution in [3.8, 4) is 0 Å². The Hall–Kier alpha value is -0.860. The van der Waals surface area contributed by atoms with Gasteiger partial charge in [0.05, 0.1) is 6.10 Å². The first kappa shape index (κ1) is 11.6. The second-order valence-electron chi connectivity index (χ2n) is 4.72. The van der Waals surface area contributed by atoms with Crippen molar-refractivity contribution in [3.63, 3.8) is 0 Å². The Morgan fingerprint density at radius 2 is 2.12 bits per heavy atom. The molecule has 3 atom stereocenters. The maximum Gasteiger partial charge on any atom is 0.0700 e. The van der Waals surface area contributed by atoms with E-state index < -0.39 is 0 Å². The Morgan fingerprint density at radius 3 is 2.75 bits per heavy atom. The lowest BCUT2D eigenvalue weighted by Gasteiger charge is -2.23. The summed E-state index contributed by atoms with van der Waals surface area (Å²) in [6.45, 7) is 7.43. The van der Waals surface area contributed by atoms with Gasteiger partial charge in [-0.2, -0.15) is 0 Å². The van der Waals surface area contributed by atoms with Gasteiger partial charge >= 0.3 is 0 Å². The van der Waals surface area contributed by atoms with Gasteiger partial charge in [0.1, 0.15) is 0 Å². The topological polar surface area (TPSA) is 21.3 Å². The van der Waals surface area contributed by atoms with E-state index in [0.29, 0.717) is 18.2 Å². The standard InChI is InChI=1S/C14H21NO/c1-10-6-4-5-7-13(10)11(2)15-14-8-9-16-12(14)3/h4-7,11-12,14-15H,8-9H2,1-3H3. The molecule has 0 saturated carbocycles. The van der Waals surface area contributed by atoms with Crippen molar-refractivity contribution in [1.82, 2.24) is 5.32 Å². The molecule has 1 aliphatic heterocycles. The fourth-order valence-electron chi connectivity index (χ4n) is 2.43. The first-order chi connectivity index (χ1) is 7.68. The van der Waals surface area contributed by atoms with Crippen molar-refractivity contribution in [1.29, 1.82) is 0 Å². The fourth-order valence-corrected chi connectivity index (χ4v) is 2.43. The Morgan fingerprint density at radius 1 is 1.38 bits per heavy atom. The minimum Gasteiger partial charge on any atom is -0.377 e. The SMILES string of the molecule is Cc1ccccc1C(C)NC1CCOC1C. The highest BCUT2D eigenvalue weighted by Crippen LogP contribution is 2.21. The third kappa shape index (κ3) is 2.45. The maximum atomic E-state index is 5.57. The van der Waals surface area contributed by atoms with Crippen LogP contribution in [0, 0.1) is 6.92 Å². The molecule has 0 aliphatic carbocycles. The summed E-state index contributed by atoms with van der Waals surface area (Å²) in [5.74, 6) is 0. The zero-order chi connectivity index (χ0) is 11.5. The molecular weight excluding hydrogens is 198 g/mol. The van der Waals surface area contributed by atoms with E-state index in [1.165, 1.54) is 11.1 Å². The van der Waals surface area contributed by atoms with E-state index in [2.05, 4.69) is 50.4 Å². The number of benzene rings is 1. The quantitative estimate of drug-likeness (QED) is 0.844. The van der Waals surface area contributed by atoms with Crippen LogP contribution in [-0.4, -0.2) is 18.8 Å². The Kier molecular flexibility index (Phi) is 3.62. The predicted molar refractivity (Wildman–Crippen MR) is 66.5 cm³/mol. The Bertz CT molecular complexity index is 350. The predicted octanol–water partition coefficient (Wildman–Crippen LogP) is 2.82. The molecular formula is C14H21NO. The van der Waals surface area contributed by atoms with Gasteiger partial charge in [0, 0.05) is 18.7 Å². The number of aryl methyl sites for hydroxylation is 1. The van der Waals surface area contributed by atoms with E-state index in [9.17, 15) is 0 Å². The van der Waals surface area contributed by atoms with Gasteiger partial charge in [0.15, 0.2) is 0 Å². The van der Waals surface area contributed by atoms with Crippen LogP contribution in [0.4, 0.5) is 0 Å². The zero-order valence-corrected chi connectivity index (χ0v) is 10.4. The van der Waals surface area contributed by atoms with Gasteiger partial charge in [-0.3, -0.25) is 0 Å². The lowest BCUT2D eigenvalue weighted by Crippen LogP contribution is -2.36. The molecule has 0 aromatic heterocycles. The van der Waals surface area contributed by atoms with Crippen LogP contribution in [0.5, 0.6) is 0 Å². The molecule has 3 unspecified atom stereocenters. The van der Waals surface area contributed by atoms with Crippen LogP contribution < -0.4 is 5.32 Å². The molecule has 0 amide bonds. The molecule has 88 valence electrons. The number of nitrogens with one attached hydrogen (secondary N) is 1. The summed E-state index contributed by atoms with van der Waals surface area (Å²) in [6.07, 6.45) is 1.46. The molecule has 2 heteroatoms. The van der Waals surface area contributed by atoms with Gasteiger partial charge in [-0.15, -0.1) is 0 Å². The van der Waals surface area contributed by atoms with Crippen LogP contribution in [0.15, 0.2) is 24.3 Å². The summed E-state index contributed by atoms with van der Waals surface area (Å²) >= 11 is 0. The van der Waals surface area contributed by atoms with E-state index in [1.807, 2.05) is 0 Å². The molecule has 1 aliphatic rings. The third-order valence-electron chi connectivity index (χ3n) is 3.50. The van der Waals surface area contributed by atoms with Crippen molar-refractivity contribution >= 4 is 0 Å². The molecule has 0 spiro atoms. The number of hydrogen-bond acceptors (Lipinski definition) is 2. The first-order valence-electron chi connectivity index (χ1n) is 6.11. The Balaban J connectivity index is 2.03. The number of ether oxygens (including phenoxy) is 1. The molecule has 1 aromatic carbocycles. The zero-order valence-electron chi connectivity index (χ0n) is 10.4. The minimum atomic E-state index is 0.339. The van der Waals surface area contributed by atoms with Gasteiger partial charge < -0.3 is 10.1 Å². The monoisotopic (exact) mass is 219 g/mol. The summed E-state index contributed by atoms with van der Waals surface area (Å²) in [5, 5.41) is 3.66. The molecule has 0 radical (unpaired) electrons. The largest absolute Gasteiger partial charge is 0.377 e. The van der Waals surface area contributed by atoms with E-state index in [-0.39, 0.29) is 0 Å². The molecule has 1 aromatic rings. The summed E-state index contributed by atoms with van der Waals surface area (Å²) in [5.41, 5.74) is 2.75. The lowest BCUT2D eigenvalue weighted by atomic mass is 10.0. The van der Waals surface area contributed by atoms with Crippen LogP contribution in [-0.2, 0) is 4.74 Å². The van der Waals surface area contributed by atoms with Gasteiger partial charge in [0.2, 0.25) is 0 Å². The maximum absolute atomic E-state index is 5.57. The van der Waals surface area contributed by atoms with Crippen molar-refractivity contribution < 1.29 is 4.74 Å². The highest BCUT2D eigenvalue weighted by atomic mass is 16.5.